The molecule has 30 heavy (non-hydrogen) atoms. The van der Waals surface area contributed by atoms with Gasteiger partial charge in [-0.3, -0.25) is 4.79 Å². The third kappa shape index (κ3) is 4.56. The van der Waals surface area contributed by atoms with Gasteiger partial charge < -0.3 is 15.0 Å². The Kier molecular flexibility index (Phi) is 5.88. The number of nitrogens with zero attached hydrogens (tertiary/aromatic N) is 4. The molecular formula is C23H25N5O2. The van der Waals surface area contributed by atoms with Gasteiger partial charge in [0.2, 0.25) is 11.8 Å². The van der Waals surface area contributed by atoms with E-state index in [0.29, 0.717) is 25.5 Å². The van der Waals surface area contributed by atoms with Gasteiger partial charge in [0.1, 0.15) is 12.1 Å². The minimum absolute atomic E-state index is 0.0305. The molecule has 1 saturated heterocycles. The summed E-state index contributed by atoms with van der Waals surface area (Å²) in [5.74, 6) is 1.37. The van der Waals surface area contributed by atoms with Crippen LogP contribution in [0.1, 0.15) is 19.4 Å². The SMILES string of the molecule is CC(C)Oc1ncccc1CNC(=O)C1CN(c2cc(-c3ccccc3)ncn2)C1. The zero-order chi connectivity index (χ0) is 20.9. The molecule has 0 bridgehead atoms. The van der Waals surface area contributed by atoms with E-state index in [9.17, 15) is 4.79 Å². The van der Waals surface area contributed by atoms with Gasteiger partial charge in [-0.05, 0) is 19.9 Å². The highest BCUT2D eigenvalue weighted by Gasteiger charge is 2.33. The Morgan fingerprint density at radius 2 is 1.93 bits per heavy atom. The number of pyridine rings is 1. The van der Waals surface area contributed by atoms with Crippen molar-refractivity contribution in [1.82, 2.24) is 20.3 Å². The minimum atomic E-state index is -0.0636. The first-order chi connectivity index (χ1) is 14.6. The summed E-state index contributed by atoms with van der Waals surface area (Å²) in [6.45, 7) is 5.59. The van der Waals surface area contributed by atoms with Crippen molar-refractivity contribution in [3.8, 4) is 17.1 Å². The van der Waals surface area contributed by atoms with Crippen LogP contribution in [-0.2, 0) is 11.3 Å². The lowest BCUT2D eigenvalue weighted by Gasteiger charge is -2.39. The Hall–Kier alpha value is -3.48. The molecule has 0 saturated carbocycles. The van der Waals surface area contributed by atoms with E-state index in [1.54, 1.807) is 12.5 Å². The number of hydrogen-bond donors (Lipinski definition) is 1. The molecule has 3 heterocycles. The molecule has 1 aliphatic rings. The Bertz CT molecular complexity index is 1000. The van der Waals surface area contributed by atoms with Crippen LogP contribution in [0, 0.1) is 5.92 Å². The maximum Gasteiger partial charge on any atom is 0.226 e. The maximum atomic E-state index is 12.6. The van der Waals surface area contributed by atoms with Gasteiger partial charge in [0.05, 0.1) is 17.7 Å². The summed E-state index contributed by atoms with van der Waals surface area (Å²) in [6, 6.07) is 15.7. The third-order valence-electron chi connectivity index (χ3n) is 4.95. The van der Waals surface area contributed by atoms with Crippen molar-refractivity contribution in [2.75, 3.05) is 18.0 Å². The molecule has 0 radical (unpaired) electrons. The average Bonchev–Trinajstić information content (AvgIpc) is 2.72. The fourth-order valence-electron chi connectivity index (χ4n) is 3.33. The number of aromatic nitrogens is 3. The van der Waals surface area contributed by atoms with Gasteiger partial charge >= 0.3 is 0 Å². The Labute approximate surface area is 176 Å². The summed E-state index contributed by atoms with van der Waals surface area (Å²) in [5.41, 5.74) is 2.80. The van der Waals surface area contributed by atoms with Crippen LogP contribution < -0.4 is 15.0 Å². The van der Waals surface area contributed by atoms with E-state index in [1.807, 2.05) is 62.4 Å². The summed E-state index contributed by atoms with van der Waals surface area (Å²) in [6.07, 6.45) is 3.30. The molecule has 2 aromatic heterocycles. The third-order valence-corrected chi connectivity index (χ3v) is 4.95. The van der Waals surface area contributed by atoms with E-state index in [0.717, 1.165) is 22.6 Å². The highest BCUT2D eigenvalue weighted by atomic mass is 16.5. The second-order valence-corrected chi connectivity index (χ2v) is 7.58. The van der Waals surface area contributed by atoms with Crippen molar-refractivity contribution in [3.05, 3.63) is 66.6 Å². The second-order valence-electron chi connectivity index (χ2n) is 7.58. The van der Waals surface area contributed by atoms with E-state index in [-0.39, 0.29) is 17.9 Å². The van der Waals surface area contributed by atoms with Gasteiger partial charge in [-0.1, -0.05) is 36.4 Å². The predicted octanol–water partition coefficient (Wildman–Crippen LogP) is 3.08. The molecule has 1 aromatic carbocycles. The summed E-state index contributed by atoms with van der Waals surface area (Å²) in [7, 11) is 0. The van der Waals surface area contributed by atoms with Crippen LogP contribution in [-0.4, -0.2) is 40.1 Å². The van der Waals surface area contributed by atoms with E-state index in [2.05, 4.69) is 25.2 Å². The van der Waals surface area contributed by atoms with E-state index in [1.165, 1.54) is 0 Å². The van der Waals surface area contributed by atoms with Crippen LogP contribution in [0.2, 0.25) is 0 Å². The largest absolute Gasteiger partial charge is 0.475 e. The van der Waals surface area contributed by atoms with Crippen LogP contribution in [0.15, 0.2) is 61.1 Å². The highest BCUT2D eigenvalue weighted by molar-refractivity contribution is 5.82. The number of amides is 1. The van der Waals surface area contributed by atoms with Crippen LogP contribution in [0.3, 0.4) is 0 Å². The molecule has 3 aromatic rings. The van der Waals surface area contributed by atoms with Crippen molar-refractivity contribution in [1.29, 1.82) is 0 Å². The molecule has 1 N–H and O–H groups in total. The first-order valence-electron chi connectivity index (χ1n) is 10.1. The van der Waals surface area contributed by atoms with Gasteiger partial charge in [-0.2, -0.15) is 0 Å². The molecule has 1 fully saturated rings. The molecule has 7 heteroatoms. The second kappa shape index (κ2) is 8.90. The van der Waals surface area contributed by atoms with Gasteiger partial charge in [-0.15, -0.1) is 0 Å². The number of benzene rings is 1. The molecule has 0 spiro atoms. The van der Waals surface area contributed by atoms with Gasteiger partial charge in [-0.25, -0.2) is 15.0 Å². The fourth-order valence-corrected chi connectivity index (χ4v) is 3.33. The topological polar surface area (TPSA) is 80.2 Å². The number of carbonyl (C=O) groups is 1. The number of ether oxygens (including phenoxy) is 1. The molecule has 1 aliphatic heterocycles. The summed E-state index contributed by atoms with van der Waals surface area (Å²) in [4.78, 5) is 27.7. The van der Waals surface area contributed by atoms with Crippen molar-refractivity contribution in [3.63, 3.8) is 0 Å². The van der Waals surface area contributed by atoms with Crippen molar-refractivity contribution >= 4 is 11.7 Å². The Morgan fingerprint density at radius 3 is 2.70 bits per heavy atom. The lowest BCUT2D eigenvalue weighted by atomic mass is 9.99. The minimum Gasteiger partial charge on any atom is -0.475 e. The van der Waals surface area contributed by atoms with Crippen molar-refractivity contribution < 1.29 is 9.53 Å². The highest BCUT2D eigenvalue weighted by Crippen LogP contribution is 2.26. The predicted molar refractivity (Wildman–Crippen MR) is 115 cm³/mol. The summed E-state index contributed by atoms with van der Waals surface area (Å²) < 4.78 is 5.72. The molecule has 0 atom stereocenters. The quantitative estimate of drug-likeness (QED) is 0.653. The van der Waals surface area contributed by atoms with Crippen LogP contribution in [0.4, 0.5) is 5.82 Å². The lowest BCUT2D eigenvalue weighted by molar-refractivity contribution is -0.125. The van der Waals surface area contributed by atoms with Crippen molar-refractivity contribution in [2.24, 2.45) is 5.92 Å². The molecular weight excluding hydrogens is 378 g/mol. The van der Waals surface area contributed by atoms with Gasteiger partial charge in [0, 0.05) is 43.0 Å². The number of rotatable bonds is 7. The maximum absolute atomic E-state index is 12.6. The molecule has 1 amide bonds. The molecule has 7 nitrogen and oxygen atoms in total. The molecule has 4 rings (SSSR count). The first kappa shape index (κ1) is 19.8. The van der Waals surface area contributed by atoms with Gasteiger partial charge in [0.25, 0.3) is 0 Å². The first-order valence-corrected chi connectivity index (χ1v) is 10.1. The van der Waals surface area contributed by atoms with Gasteiger partial charge in [0.15, 0.2) is 0 Å². The van der Waals surface area contributed by atoms with E-state index < -0.39 is 0 Å². The zero-order valence-electron chi connectivity index (χ0n) is 17.2. The number of hydrogen-bond acceptors (Lipinski definition) is 6. The smallest absolute Gasteiger partial charge is 0.226 e. The Balaban J connectivity index is 1.32. The van der Waals surface area contributed by atoms with Crippen LogP contribution in [0.25, 0.3) is 11.3 Å². The number of carbonyl (C=O) groups excluding carboxylic acids is 1. The molecule has 0 unspecified atom stereocenters. The fraction of sp³-hybridized carbons (Fsp3) is 0.304. The van der Waals surface area contributed by atoms with E-state index in [4.69, 9.17) is 4.74 Å². The van der Waals surface area contributed by atoms with Crippen LogP contribution in [0.5, 0.6) is 5.88 Å². The number of anilines is 1. The summed E-state index contributed by atoms with van der Waals surface area (Å²) >= 11 is 0. The normalized spacial score (nSPS) is 13.8. The Morgan fingerprint density at radius 1 is 1.13 bits per heavy atom. The summed E-state index contributed by atoms with van der Waals surface area (Å²) in [5, 5.41) is 3.01. The molecule has 154 valence electrons. The van der Waals surface area contributed by atoms with Crippen LogP contribution >= 0.6 is 0 Å². The molecule has 0 aliphatic carbocycles. The average molecular weight is 403 g/mol. The standard InChI is InChI=1S/C23H25N5O2/c1-16(2)30-23-18(9-6-10-24-23)12-25-22(29)19-13-28(14-19)21-11-20(26-15-27-21)17-7-4-3-5-8-17/h3-11,15-16,19H,12-14H2,1-2H3,(H,25,29). The zero-order valence-corrected chi connectivity index (χ0v) is 17.2. The lowest BCUT2D eigenvalue weighted by Crippen LogP contribution is -2.54. The van der Waals surface area contributed by atoms with E-state index >= 15 is 0 Å². The van der Waals surface area contributed by atoms with Crippen molar-refractivity contribution in [2.45, 2.75) is 26.5 Å². The monoisotopic (exact) mass is 403 g/mol. The number of nitrogens with one attached hydrogen (secondary N) is 1.